The van der Waals surface area contributed by atoms with Crippen LogP contribution in [-0.2, 0) is 22.4 Å². The van der Waals surface area contributed by atoms with Crippen molar-refractivity contribution < 1.29 is 9.47 Å². The fourth-order valence-electron chi connectivity index (χ4n) is 3.37. The van der Waals surface area contributed by atoms with Crippen LogP contribution in [0.25, 0.3) is 0 Å². The van der Waals surface area contributed by atoms with Gasteiger partial charge >= 0.3 is 0 Å². The van der Waals surface area contributed by atoms with Crippen LogP contribution in [0.2, 0.25) is 0 Å². The van der Waals surface area contributed by atoms with E-state index in [4.69, 9.17) is 9.47 Å². The minimum atomic E-state index is 0.264. The first-order valence-corrected chi connectivity index (χ1v) is 9.43. The van der Waals surface area contributed by atoms with Crippen molar-refractivity contribution in [2.24, 2.45) is 0 Å². The Hall–Kier alpha value is -1.27. The van der Waals surface area contributed by atoms with Crippen molar-refractivity contribution >= 4 is 11.3 Å². The summed E-state index contributed by atoms with van der Waals surface area (Å²) in [5, 5.41) is 3.31. The first kappa shape index (κ1) is 17.5. The molecule has 130 valence electrons. The van der Waals surface area contributed by atoms with E-state index < -0.39 is 0 Å². The fraction of sp³-hybridized carbons (Fsp3) is 0.526. The average Bonchev–Trinajstić information content (AvgIpc) is 3.17. The number of methoxy groups -OCH3 is 1. The molecule has 5 heteroatoms. The third kappa shape index (κ3) is 4.63. The van der Waals surface area contributed by atoms with Gasteiger partial charge in [0.15, 0.2) is 0 Å². The van der Waals surface area contributed by atoms with Crippen LogP contribution in [0, 0.1) is 6.92 Å². The number of rotatable bonds is 8. The van der Waals surface area contributed by atoms with E-state index in [9.17, 15) is 0 Å². The van der Waals surface area contributed by atoms with Crippen molar-refractivity contribution in [3.05, 3.63) is 52.0 Å². The van der Waals surface area contributed by atoms with Gasteiger partial charge in [-0.15, -0.1) is 11.3 Å². The van der Waals surface area contributed by atoms with Crippen molar-refractivity contribution in [3.8, 4) is 0 Å². The predicted molar refractivity (Wildman–Crippen MR) is 97.4 cm³/mol. The zero-order valence-electron chi connectivity index (χ0n) is 14.5. The van der Waals surface area contributed by atoms with Crippen molar-refractivity contribution in [2.45, 2.75) is 38.5 Å². The second kappa shape index (κ2) is 8.72. The molecule has 1 aromatic heterocycles. The molecule has 0 bridgehead atoms. The lowest BCUT2D eigenvalue weighted by Gasteiger charge is -2.28. The summed E-state index contributed by atoms with van der Waals surface area (Å²) < 4.78 is 11.3. The Kier molecular flexibility index (Phi) is 6.37. The molecule has 0 N–H and O–H groups in total. The molecule has 0 amide bonds. The van der Waals surface area contributed by atoms with Crippen LogP contribution >= 0.6 is 11.3 Å². The average molecular weight is 346 g/mol. The number of thiazole rings is 1. The summed E-state index contributed by atoms with van der Waals surface area (Å²) in [5.41, 5.74) is 2.54. The molecule has 0 aliphatic carbocycles. The topological polar surface area (TPSA) is 34.6 Å². The van der Waals surface area contributed by atoms with E-state index in [0.29, 0.717) is 19.3 Å². The molecule has 0 spiro atoms. The number of aromatic nitrogens is 1. The van der Waals surface area contributed by atoms with Gasteiger partial charge in [-0.05, 0) is 25.3 Å². The number of ether oxygens (including phenoxy) is 2. The van der Waals surface area contributed by atoms with Gasteiger partial charge < -0.3 is 9.47 Å². The summed E-state index contributed by atoms with van der Waals surface area (Å²) in [5.74, 6) is 0. The zero-order chi connectivity index (χ0) is 16.8. The number of hydrogen-bond acceptors (Lipinski definition) is 5. The van der Waals surface area contributed by atoms with Crippen molar-refractivity contribution in [2.75, 3.05) is 26.9 Å². The van der Waals surface area contributed by atoms with Crippen LogP contribution in [-0.4, -0.2) is 48.9 Å². The minimum absolute atomic E-state index is 0.264. The zero-order valence-corrected chi connectivity index (χ0v) is 15.3. The molecule has 0 unspecified atom stereocenters. The molecular formula is C19H26N2O2S. The second-order valence-corrected chi connectivity index (χ2v) is 7.34. The van der Waals surface area contributed by atoms with Crippen molar-refractivity contribution in [1.29, 1.82) is 0 Å². The molecule has 1 fully saturated rings. The molecular weight excluding hydrogens is 320 g/mol. The first-order valence-electron chi connectivity index (χ1n) is 8.56. The molecule has 4 nitrogen and oxygen atoms in total. The normalized spacial score (nSPS) is 21.4. The Balaban J connectivity index is 1.68. The lowest BCUT2D eigenvalue weighted by Crippen LogP contribution is -2.38. The van der Waals surface area contributed by atoms with Crippen LogP contribution in [0.4, 0.5) is 0 Å². The van der Waals surface area contributed by atoms with Crippen molar-refractivity contribution in [3.63, 3.8) is 0 Å². The second-order valence-electron chi connectivity index (χ2n) is 6.28. The lowest BCUT2D eigenvalue weighted by atomic mass is 10.0. The summed E-state index contributed by atoms with van der Waals surface area (Å²) in [6, 6.07) is 11.1. The highest BCUT2D eigenvalue weighted by molar-refractivity contribution is 7.09. The van der Waals surface area contributed by atoms with Crippen LogP contribution in [0.15, 0.2) is 35.7 Å². The number of aryl methyl sites for hydroxylation is 1. The van der Waals surface area contributed by atoms with Gasteiger partial charge in [-0.1, -0.05) is 30.3 Å². The highest BCUT2D eigenvalue weighted by Crippen LogP contribution is 2.26. The molecule has 1 aliphatic heterocycles. The van der Waals surface area contributed by atoms with Crippen LogP contribution in [0.1, 0.15) is 22.7 Å². The number of nitrogens with zero attached hydrogens (tertiary/aromatic N) is 2. The molecule has 1 saturated heterocycles. The summed E-state index contributed by atoms with van der Waals surface area (Å²) in [6.07, 6.45) is 2.35. The molecule has 2 aromatic rings. The summed E-state index contributed by atoms with van der Waals surface area (Å²) in [6.45, 7) is 5.35. The smallest absolute Gasteiger partial charge is 0.0897 e. The van der Waals surface area contributed by atoms with E-state index in [0.717, 1.165) is 30.9 Å². The molecule has 1 aliphatic rings. The minimum Gasteiger partial charge on any atom is -0.382 e. The van der Waals surface area contributed by atoms with Gasteiger partial charge in [0.25, 0.3) is 0 Å². The fourth-order valence-corrected chi connectivity index (χ4v) is 3.97. The standard InChI is InChI=1S/C19H26N2O2S/c1-15-20-17(14-24-15)13-21-9-8-19(23-11-10-22-2)18(21)12-16-6-4-3-5-7-16/h3-7,14,18-19H,8-13H2,1-2H3/t18-,19-/m0/s1. The Labute approximate surface area is 148 Å². The Morgan fingerprint density at radius 2 is 2.08 bits per heavy atom. The van der Waals surface area contributed by atoms with Crippen LogP contribution < -0.4 is 0 Å². The molecule has 3 rings (SSSR count). The predicted octanol–water partition coefficient (Wildman–Crippen LogP) is 3.30. The quantitative estimate of drug-likeness (QED) is 0.687. The van der Waals surface area contributed by atoms with E-state index in [2.05, 4.69) is 52.5 Å². The summed E-state index contributed by atoms with van der Waals surface area (Å²) >= 11 is 1.73. The van der Waals surface area contributed by atoms with Gasteiger partial charge in [0, 0.05) is 31.6 Å². The maximum atomic E-state index is 6.12. The lowest BCUT2D eigenvalue weighted by molar-refractivity contribution is -0.00141. The van der Waals surface area contributed by atoms with Gasteiger partial charge in [-0.2, -0.15) is 0 Å². The molecule has 2 atom stereocenters. The van der Waals surface area contributed by atoms with E-state index in [1.165, 1.54) is 11.3 Å². The Bertz CT molecular complexity index is 617. The summed E-state index contributed by atoms with van der Waals surface area (Å²) in [7, 11) is 1.72. The van der Waals surface area contributed by atoms with Gasteiger partial charge in [0.1, 0.15) is 0 Å². The van der Waals surface area contributed by atoms with Gasteiger partial charge in [0.05, 0.1) is 30.0 Å². The molecule has 0 radical (unpaired) electrons. The molecule has 0 saturated carbocycles. The number of likely N-dealkylation sites (tertiary alicyclic amines) is 1. The van der Waals surface area contributed by atoms with E-state index in [1.807, 2.05) is 0 Å². The first-order chi connectivity index (χ1) is 11.8. The Morgan fingerprint density at radius 1 is 1.25 bits per heavy atom. The van der Waals surface area contributed by atoms with E-state index >= 15 is 0 Å². The summed E-state index contributed by atoms with van der Waals surface area (Å²) in [4.78, 5) is 7.16. The number of hydrogen-bond donors (Lipinski definition) is 0. The van der Waals surface area contributed by atoms with Crippen LogP contribution in [0.3, 0.4) is 0 Å². The van der Waals surface area contributed by atoms with E-state index in [-0.39, 0.29) is 6.10 Å². The molecule has 2 heterocycles. The third-order valence-corrected chi connectivity index (χ3v) is 5.36. The Morgan fingerprint density at radius 3 is 2.79 bits per heavy atom. The SMILES string of the molecule is COCCO[C@H]1CCN(Cc2csc(C)n2)[C@H]1Cc1ccccc1. The molecule has 1 aromatic carbocycles. The van der Waals surface area contributed by atoms with Gasteiger partial charge in [-0.25, -0.2) is 4.98 Å². The monoisotopic (exact) mass is 346 g/mol. The number of benzene rings is 1. The molecule has 24 heavy (non-hydrogen) atoms. The van der Waals surface area contributed by atoms with Crippen LogP contribution in [0.5, 0.6) is 0 Å². The maximum Gasteiger partial charge on any atom is 0.0897 e. The van der Waals surface area contributed by atoms with Gasteiger partial charge in [-0.3, -0.25) is 4.90 Å². The van der Waals surface area contributed by atoms with Crippen molar-refractivity contribution in [1.82, 2.24) is 9.88 Å². The largest absolute Gasteiger partial charge is 0.382 e. The maximum absolute atomic E-state index is 6.12. The highest BCUT2D eigenvalue weighted by atomic mass is 32.1. The highest BCUT2D eigenvalue weighted by Gasteiger charge is 2.35. The van der Waals surface area contributed by atoms with E-state index in [1.54, 1.807) is 18.4 Å². The third-order valence-electron chi connectivity index (χ3n) is 4.54. The van der Waals surface area contributed by atoms with Gasteiger partial charge in [0.2, 0.25) is 0 Å².